The van der Waals surface area contributed by atoms with Crippen LogP contribution in [0.3, 0.4) is 0 Å². The lowest BCUT2D eigenvalue weighted by Gasteiger charge is -2.28. The molecule has 2 aromatic rings. The first-order valence-electron chi connectivity index (χ1n) is 11.1. The van der Waals surface area contributed by atoms with Crippen molar-refractivity contribution < 1.29 is 23.9 Å². The Bertz CT molecular complexity index is 1020. The van der Waals surface area contributed by atoms with Crippen LogP contribution in [0.25, 0.3) is 0 Å². The van der Waals surface area contributed by atoms with E-state index in [-0.39, 0.29) is 18.6 Å². The molecule has 2 atom stereocenters. The molecule has 8 nitrogen and oxygen atoms in total. The number of urea groups is 1. The van der Waals surface area contributed by atoms with Gasteiger partial charge in [0.15, 0.2) is 0 Å². The van der Waals surface area contributed by atoms with E-state index in [9.17, 15) is 14.4 Å². The number of amides is 4. The van der Waals surface area contributed by atoms with E-state index in [2.05, 4.69) is 5.32 Å². The van der Waals surface area contributed by atoms with E-state index < -0.39 is 17.5 Å². The van der Waals surface area contributed by atoms with Crippen LogP contribution in [0.15, 0.2) is 54.6 Å². The zero-order chi connectivity index (χ0) is 23.4. The van der Waals surface area contributed by atoms with Gasteiger partial charge in [-0.15, -0.1) is 0 Å². The minimum atomic E-state index is -1.21. The monoisotopic (exact) mass is 451 g/mol. The lowest BCUT2D eigenvalue weighted by Crippen LogP contribution is -2.46. The summed E-state index contributed by atoms with van der Waals surface area (Å²) in [6.45, 7) is 2.67. The maximum atomic E-state index is 13.4. The summed E-state index contributed by atoms with van der Waals surface area (Å²) in [6, 6.07) is 16.0. The van der Waals surface area contributed by atoms with Gasteiger partial charge >= 0.3 is 6.03 Å². The van der Waals surface area contributed by atoms with Crippen molar-refractivity contribution in [3.63, 3.8) is 0 Å². The number of imide groups is 1. The van der Waals surface area contributed by atoms with Crippen molar-refractivity contribution >= 4 is 17.8 Å². The summed E-state index contributed by atoms with van der Waals surface area (Å²) in [5, 5.41) is 2.75. The van der Waals surface area contributed by atoms with Crippen LogP contribution >= 0.6 is 0 Å². The second-order valence-electron chi connectivity index (χ2n) is 8.53. The van der Waals surface area contributed by atoms with E-state index in [1.807, 2.05) is 42.5 Å². The van der Waals surface area contributed by atoms with Crippen molar-refractivity contribution in [3.8, 4) is 5.75 Å². The fourth-order valence-electron chi connectivity index (χ4n) is 4.37. The van der Waals surface area contributed by atoms with Crippen LogP contribution in [0.4, 0.5) is 4.79 Å². The molecule has 2 aliphatic rings. The highest BCUT2D eigenvalue weighted by Crippen LogP contribution is 2.29. The van der Waals surface area contributed by atoms with Gasteiger partial charge in [-0.05, 0) is 31.4 Å². The molecule has 2 aliphatic heterocycles. The molecule has 0 aromatic heterocycles. The van der Waals surface area contributed by atoms with Gasteiger partial charge in [-0.25, -0.2) is 4.79 Å². The zero-order valence-corrected chi connectivity index (χ0v) is 19.0. The minimum absolute atomic E-state index is 0.0682. The first-order chi connectivity index (χ1) is 15.9. The third-order valence-corrected chi connectivity index (χ3v) is 6.27. The molecule has 2 unspecified atom stereocenters. The summed E-state index contributed by atoms with van der Waals surface area (Å²) in [4.78, 5) is 42.0. The predicted molar refractivity (Wildman–Crippen MR) is 121 cm³/mol. The van der Waals surface area contributed by atoms with E-state index >= 15 is 0 Å². The number of ether oxygens (including phenoxy) is 2. The van der Waals surface area contributed by atoms with Gasteiger partial charge in [-0.3, -0.25) is 14.5 Å². The van der Waals surface area contributed by atoms with Gasteiger partial charge < -0.3 is 19.7 Å². The predicted octanol–water partition coefficient (Wildman–Crippen LogP) is 2.67. The Kier molecular flexibility index (Phi) is 6.65. The Morgan fingerprint density at radius 3 is 2.61 bits per heavy atom. The van der Waals surface area contributed by atoms with Crippen LogP contribution in [-0.2, 0) is 26.4 Å². The molecule has 8 heteroatoms. The number of hydrogen-bond donors (Lipinski definition) is 1. The number of carbonyl (C=O) groups excluding carboxylic acids is 3. The molecule has 4 amide bonds. The Labute approximate surface area is 193 Å². The largest absolute Gasteiger partial charge is 0.496 e. The van der Waals surface area contributed by atoms with Crippen molar-refractivity contribution in [3.05, 3.63) is 65.7 Å². The fraction of sp³-hybridized carbons (Fsp3) is 0.400. The first kappa shape index (κ1) is 22.8. The zero-order valence-electron chi connectivity index (χ0n) is 19.0. The van der Waals surface area contributed by atoms with Crippen molar-refractivity contribution in [1.29, 1.82) is 0 Å². The van der Waals surface area contributed by atoms with Crippen molar-refractivity contribution in [2.24, 2.45) is 0 Å². The highest BCUT2D eigenvalue weighted by molar-refractivity contribution is 6.09. The molecule has 33 heavy (non-hydrogen) atoms. The molecule has 0 bridgehead atoms. The normalized spacial score (nSPS) is 22.4. The quantitative estimate of drug-likeness (QED) is 0.624. The molecule has 2 aromatic carbocycles. The molecule has 1 N–H and O–H groups in total. The van der Waals surface area contributed by atoms with E-state index in [0.717, 1.165) is 23.3 Å². The van der Waals surface area contributed by atoms with E-state index in [4.69, 9.17) is 9.47 Å². The number of hydrogen-bond acceptors (Lipinski definition) is 5. The summed E-state index contributed by atoms with van der Waals surface area (Å²) in [5.41, 5.74) is 0.307. The number of methoxy groups -OCH3 is 1. The van der Waals surface area contributed by atoms with Crippen molar-refractivity contribution in [1.82, 2.24) is 15.1 Å². The van der Waals surface area contributed by atoms with Gasteiger partial charge in [0.2, 0.25) is 5.91 Å². The van der Waals surface area contributed by atoms with E-state index in [1.54, 1.807) is 31.1 Å². The minimum Gasteiger partial charge on any atom is -0.496 e. The number of carbonyl (C=O) groups is 3. The topological polar surface area (TPSA) is 88.2 Å². The smallest absolute Gasteiger partial charge is 0.325 e. The van der Waals surface area contributed by atoms with Crippen LogP contribution in [0.1, 0.15) is 30.9 Å². The second-order valence-corrected chi connectivity index (χ2v) is 8.53. The van der Waals surface area contributed by atoms with Crippen LogP contribution in [0, 0.1) is 0 Å². The SMILES string of the molecule is COc1ccccc1CN(CC1CCCO1)C(=O)CN1C(=O)NC(C)(c2ccccc2)C1=O. The van der Waals surface area contributed by atoms with Gasteiger partial charge in [0, 0.05) is 25.3 Å². The molecule has 0 radical (unpaired) electrons. The van der Waals surface area contributed by atoms with Crippen molar-refractivity contribution in [2.45, 2.75) is 38.0 Å². The molecule has 0 aliphatic carbocycles. The summed E-state index contributed by atoms with van der Waals surface area (Å²) in [6.07, 6.45) is 1.75. The first-order valence-corrected chi connectivity index (χ1v) is 11.1. The van der Waals surface area contributed by atoms with Crippen molar-refractivity contribution in [2.75, 3.05) is 26.8 Å². The Morgan fingerprint density at radius 1 is 1.18 bits per heavy atom. The average Bonchev–Trinajstić information content (AvgIpc) is 3.42. The number of nitrogens with zero attached hydrogens (tertiary/aromatic N) is 2. The van der Waals surface area contributed by atoms with E-state index in [1.165, 1.54) is 0 Å². The maximum absolute atomic E-state index is 13.4. The third-order valence-electron chi connectivity index (χ3n) is 6.27. The molecule has 2 heterocycles. The Hall–Kier alpha value is -3.39. The Balaban J connectivity index is 1.53. The number of nitrogens with one attached hydrogen (secondary N) is 1. The molecule has 0 spiro atoms. The van der Waals surface area contributed by atoms with Crippen LogP contribution in [0.2, 0.25) is 0 Å². The standard InChI is InChI=1S/C25H29N3O5/c1-25(19-10-4-3-5-11-19)23(30)28(24(31)26-25)17-22(29)27(16-20-12-8-14-33-20)15-18-9-6-7-13-21(18)32-2/h3-7,9-11,13,20H,8,12,14-17H2,1-2H3,(H,26,31). The number of rotatable bonds is 8. The lowest BCUT2D eigenvalue weighted by atomic mass is 9.92. The fourth-order valence-corrected chi connectivity index (χ4v) is 4.37. The number of benzene rings is 2. The molecule has 174 valence electrons. The highest BCUT2D eigenvalue weighted by Gasteiger charge is 2.49. The summed E-state index contributed by atoms with van der Waals surface area (Å²) in [7, 11) is 1.59. The average molecular weight is 452 g/mol. The van der Waals surface area contributed by atoms with Gasteiger partial charge in [0.25, 0.3) is 5.91 Å². The third kappa shape index (κ3) is 4.71. The van der Waals surface area contributed by atoms with Gasteiger partial charge in [-0.2, -0.15) is 0 Å². The van der Waals surface area contributed by atoms with Gasteiger partial charge in [0.1, 0.15) is 17.8 Å². The van der Waals surface area contributed by atoms with Crippen LogP contribution in [-0.4, -0.2) is 60.6 Å². The Morgan fingerprint density at radius 2 is 1.91 bits per heavy atom. The maximum Gasteiger partial charge on any atom is 0.325 e. The summed E-state index contributed by atoms with van der Waals surface area (Å²) >= 11 is 0. The molecule has 2 fully saturated rings. The summed E-state index contributed by atoms with van der Waals surface area (Å²) < 4.78 is 11.2. The van der Waals surface area contributed by atoms with Gasteiger partial charge in [0.05, 0.1) is 13.2 Å². The molecular formula is C25H29N3O5. The molecule has 4 rings (SSSR count). The molecule has 2 saturated heterocycles. The summed E-state index contributed by atoms with van der Waals surface area (Å²) in [5.74, 6) is -0.0899. The lowest BCUT2D eigenvalue weighted by molar-refractivity contribution is -0.140. The second kappa shape index (κ2) is 9.62. The molecular weight excluding hydrogens is 422 g/mol. The van der Waals surface area contributed by atoms with Gasteiger partial charge in [-0.1, -0.05) is 48.5 Å². The van der Waals surface area contributed by atoms with Crippen LogP contribution < -0.4 is 10.1 Å². The van der Waals surface area contributed by atoms with E-state index in [0.29, 0.717) is 31.0 Å². The molecule has 0 saturated carbocycles. The number of para-hydroxylation sites is 1. The highest BCUT2D eigenvalue weighted by atomic mass is 16.5. The van der Waals surface area contributed by atoms with Crippen LogP contribution in [0.5, 0.6) is 5.75 Å².